The molecule has 0 N–H and O–H groups in total. The molecular formula is C9H14S4Te2. The van der Waals surface area contributed by atoms with Crippen molar-refractivity contribution in [3.63, 3.8) is 0 Å². The van der Waals surface area contributed by atoms with Crippen LogP contribution in [0.5, 0.6) is 0 Å². The van der Waals surface area contributed by atoms with Gasteiger partial charge in [-0.1, -0.05) is 0 Å². The van der Waals surface area contributed by atoms with E-state index in [4.69, 9.17) is 0 Å². The molecule has 4 unspecified atom stereocenters. The van der Waals surface area contributed by atoms with Crippen molar-refractivity contribution in [1.82, 2.24) is 0 Å². The van der Waals surface area contributed by atoms with Gasteiger partial charge in [-0.05, 0) is 0 Å². The molecule has 3 rings (SSSR count). The second-order valence-corrected chi connectivity index (χ2v) is 20.6. The molecule has 15 heavy (non-hydrogen) atoms. The zero-order chi connectivity index (χ0) is 10.1. The first-order valence-corrected chi connectivity index (χ1v) is 15.3. The fraction of sp³-hybridized carbons (Fsp3) is 1.00. The molecule has 3 aliphatic heterocycles. The maximum atomic E-state index is 2.38. The minimum absolute atomic E-state index is 0.431. The first kappa shape index (κ1) is 13.0. The zero-order valence-corrected chi connectivity index (χ0v) is 16.2. The van der Waals surface area contributed by atoms with Gasteiger partial charge in [0.2, 0.25) is 0 Å². The van der Waals surface area contributed by atoms with Crippen LogP contribution in [0.1, 0.15) is 0 Å². The van der Waals surface area contributed by atoms with Crippen molar-refractivity contribution in [1.29, 1.82) is 0 Å². The van der Waals surface area contributed by atoms with Gasteiger partial charge < -0.3 is 0 Å². The van der Waals surface area contributed by atoms with Crippen LogP contribution < -0.4 is 0 Å². The minimum atomic E-state index is 0.431. The number of thioether (sulfide) groups is 4. The third-order valence-corrected chi connectivity index (χ3v) is 23.6. The number of rotatable bonds is 6. The zero-order valence-electron chi connectivity index (χ0n) is 8.29. The van der Waals surface area contributed by atoms with Crippen molar-refractivity contribution < 1.29 is 0 Å². The molecule has 3 heterocycles. The SMILES string of the molecule is C1[Te]C(SCC2CS2)C(SCC2CS2)[Te]1. The monoisotopic (exact) mass is 510 g/mol. The van der Waals surface area contributed by atoms with Crippen molar-refractivity contribution >= 4 is 88.9 Å². The second-order valence-electron chi connectivity index (χ2n) is 3.77. The molecule has 0 aromatic rings. The van der Waals surface area contributed by atoms with E-state index in [-0.39, 0.29) is 0 Å². The summed E-state index contributed by atoms with van der Waals surface area (Å²) in [4.78, 5) is 0. The van der Waals surface area contributed by atoms with E-state index in [9.17, 15) is 0 Å². The molecule has 0 amide bonds. The Morgan fingerprint density at radius 1 is 0.933 bits per heavy atom. The van der Waals surface area contributed by atoms with Crippen LogP contribution in [0.15, 0.2) is 0 Å². The van der Waals surface area contributed by atoms with Crippen LogP contribution in [-0.2, 0) is 0 Å². The summed E-state index contributed by atoms with van der Waals surface area (Å²) < 4.78 is 4.13. The summed E-state index contributed by atoms with van der Waals surface area (Å²) in [5, 5.41) is 2.13. The van der Waals surface area contributed by atoms with Gasteiger partial charge >= 0.3 is 132 Å². The van der Waals surface area contributed by atoms with Crippen molar-refractivity contribution in [2.24, 2.45) is 0 Å². The second kappa shape index (κ2) is 6.42. The summed E-state index contributed by atoms with van der Waals surface area (Å²) in [5.41, 5.74) is 0. The van der Waals surface area contributed by atoms with Crippen LogP contribution in [0, 0.1) is 0 Å². The quantitative estimate of drug-likeness (QED) is 0.401. The summed E-state index contributed by atoms with van der Waals surface area (Å²) in [6.45, 7) is 0. The Balaban J connectivity index is 1.38. The predicted octanol–water partition coefficient (Wildman–Crippen LogP) is 2.13. The molecule has 0 aromatic carbocycles. The number of hydrogen-bond donors (Lipinski definition) is 0. The molecule has 0 aliphatic carbocycles. The average Bonchev–Trinajstić information content (AvgIpc) is 3.14. The molecule has 4 atom stereocenters. The van der Waals surface area contributed by atoms with Gasteiger partial charge in [0.25, 0.3) is 0 Å². The average molecular weight is 506 g/mol. The van der Waals surface area contributed by atoms with Gasteiger partial charge in [0.05, 0.1) is 0 Å². The van der Waals surface area contributed by atoms with Crippen molar-refractivity contribution in [3.8, 4) is 0 Å². The molecule has 3 fully saturated rings. The van der Waals surface area contributed by atoms with E-state index in [2.05, 4.69) is 47.0 Å². The summed E-state index contributed by atoms with van der Waals surface area (Å²) in [7, 11) is 0. The molecule has 0 bridgehead atoms. The Morgan fingerprint density at radius 2 is 1.40 bits per heavy atom. The fourth-order valence-electron chi connectivity index (χ4n) is 1.32. The molecule has 0 spiro atoms. The van der Waals surface area contributed by atoms with E-state index in [1.165, 1.54) is 29.6 Å². The summed E-state index contributed by atoms with van der Waals surface area (Å²) in [6.07, 6.45) is 0. The van der Waals surface area contributed by atoms with Crippen LogP contribution in [0.3, 0.4) is 0 Å². The van der Waals surface area contributed by atoms with Crippen LogP contribution in [0.25, 0.3) is 0 Å². The van der Waals surface area contributed by atoms with E-state index in [0.29, 0.717) is 41.8 Å². The van der Waals surface area contributed by atoms with E-state index in [1.54, 1.807) is 2.52 Å². The van der Waals surface area contributed by atoms with Crippen molar-refractivity contribution in [2.75, 3.05) is 23.0 Å². The van der Waals surface area contributed by atoms with E-state index in [1.807, 2.05) is 0 Å². The predicted molar refractivity (Wildman–Crippen MR) is 81.3 cm³/mol. The van der Waals surface area contributed by atoms with E-state index in [0.717, 1.165) is 10.5 Å². The Hall–Kier alpha value is 2.98. The van der Waals surface area contributed by atoms with Gasteiger partial charge in [0.1, 0.15) is 0 Å². The molecule has 6 heteroatoms. The molecule has 3 aliphatic rings. The van der Waals surface area contributed by atoms with E-state index >= 15 is 0 Å². The number of hydrogen-bond acceptors (Lipinski definition) is 4. The molecule has 86 valence electrons. The van der Waals surface area contributed by atoms with Crippen LogP contribution in [0.4, 0.5) is 0 Å². The Bertz CT molecular complexity index is 198. The van der Waals surface area contributed by atoms with E-state index < -0.39 is 0 Å². The standard InChI is InChI=1S/C9H14S4Te2/c1-6(10-1)3-12-8-9(15-5-14-8)13-4-7-2-11-7/h6-9H,1-5H2. The van der Waals surface area contributed by atoms with Gasteiger partial charge in [0, 0.05) is 0 Å². The van der Waals surface area contributed by atoms with Gasteiger partial charge in [-0.2, -0.15) is 0 Å². The van der Waals surface area contributed by atoms with Crippen LogP contribution in [-0.4, -0.2) is 82.0 Å². The molecule has 3 saturated heterocycles. The van der Waals surface area contributed by atoms with Gasteiger partial charge in [-0.15, -0.1) is 0 Å². The summed E-state index contributed by atoms with van der Waals surface area (Å²) >= 11 is 9.97. The Morgan fingerprint density at radius 3 is 1.80 bits per heavy atom. The normalized spacial score (nSPS) is 43.2. The molecule has 0 radical (unpaired) electrons. The first-order valence-electron chi connectivity index (χ1n) is 5.11. The summed E-state index contributed by atoms with van der Waals surface area (Å²) in [6, 6.07) is 0. The Kier molecular flexibility index (Phi) is 5.56. The molecule has 0 aromatic heterocycles. The maximum absolute atomic E-state index is 2.38. The first-order chi connectivity index (χ1) is 7.42. The third kappa shape index (κ3) is 4.54. The van der Waals surface area contributed by atoms with Gasteiger partial charge in [0.15, 0.2) is 0 Å². The molecular weight excluding hydrogens is 492 g/mol. The summed E-state index contributed by atoms with van der Waals surface area (Å²) in [5.74, 6) is 5.91. The van der Waals surface area contributed by atoms with Crippen molar-refractivity contribution in [3.05, 3.63) is 0 Å². The Labute approximate surface area is 130 Å². The third-order valence-electron chi connectivity index (χ3n) is 2.38. The van der Waals surface area contributed by atoms with Crippen molar-refractivity contribution in [2.45, 2.75) is 19.6 Å². The van der Waals surface area contributed by atoms with Crippen LogP contribution >= 0.6 is 47.0 Å². The topological polar surface area (TPSA) is 0 Å². The molecule has 0 saturated carbocycles. The molecule has 0 nitrogen and oxygen atoms in total. The van der Waals surface area contributed by atoms with Crippen LogP contribution in [0.2, 0.25) is 2.52 Å². The fourth-order valence-corrected chi connectivity index (χ4v) is 27.3. The van der Waals surface area contributed by atoms with Gasteiger partial charge in [-0.25, -0.2) is 0 Å². The van der Waals surface area contributed by atoms with Gasteiger partial charge in [-0.3, -0.25) is 0 Å².